The Balaban J connectivity index is 1.51. The minimum absolute atomic E-state index is 0.0646. The molecule has 1 saturated heterocycles. The highest BCUT2D eigenvalue weighted by Gasteiger charge is 2.44. The molecule has 0 radical (unpaired) electrons. The lowest BCUT2D eigenvalue weighted by molar-refractivity contribution is -0.121. The van der Waals surface area contributed by atoms with Crippen LogP contribution in [0.5, 0.6) is 0 Å². The molecule has 0 aromatic carbocycles. The van der Waals surface area contributed by atoms with E-state index in [0.717, 1.165) is 17.0 Å². The minimum Gasteiger partial charge on any atom is -0.382 e. The number of aliphatic imine (C=N–C) groups is 1. The second kappa shape index (κ2) is 6.89. The summed E-state index contributed by atoms with van der Waals surface area (Å²) in [6.07, 6.45) is 5.94. The Bertz CT molecular complexity index is 457. The first-order chi connectivity index (χ1) is 10.6. The highest BCUT2D eigenvalue weighted by Crippen LogP contribution is 2.46. The van der Waals surface area contributed by atoms with Crippen molar-refractivity contribution in [2.75, 3.05) is 26.9 Å². The van der Waals surface area contributed by atoms with Gasteiger partial charge in [0.05, 0.1) is 19.3 Å². The van der Waals surface area contributed by atoms with Crippen molar-refractivity contribution in [1.29, 1.82) is 0 Å². The summed E-state index contributed by atoms with van der Waals surface area (Å²) in [5.74, 6) is 1.69. The first-order valence-electron chi connectivity index (χ1n) is 8.25. The topological polar surface area (TPSA) is 59.9 Å². The van der Waals surface area contributed by atoms with Crippen LogP contribution in [0.3, 0.4) is 0 Å². The molecule has 0 aromatic rings. The summed E-state index contributed by atoms with van der Waals surface area (Å²) in [6, 6.07) is 0.432. The average Bonchev–Trinajstić information content (AvgIpc) is 3.15. The number of nitrogens with zero attached hydrogens (tertiary/aromatic N) is 1. The van der Waals surface area contributed by atoms with Gasteiger partial charge in [-0.05, 0) is 44.4 Å². The fraction of sp³-hybridized carbons (Fsp3) is 0.875. The van der Waals surface area contributed by atoms with E-state index < -0.39 is 4.75 Å². The first kappa shape index (κ1) is 16.3. The second-order valence-corrected chi connectivity index (χ2v) is 8.31. The third-order valence-corrected chi connectivity index (χ3v) is 6.40. The maximum absolute atomic E-state index is 12.3. The number of carbonyl (C=O) groups excluding carboxylic acids is 1. The zero-order valence-corrected chi connectivity index (χ0v) is 14.3. The summed E-state index contributed by atoms with van der Waals surface area (Å²) < 4.78 is 9.99. The standard InChI is InChI=1S/C16H26N2O3S/c1-16(5-6-21-8-7-20-2)14(19)18-15(22-16)17-13-10-11-3-4-12(13)9-11/h11-13H,3-10H2,1-2H3,(H,17,18,19)/t11-,12-,13-,16?/m0/s1. The van der Waals surface area contributed by atoms with Gasteiger partial charge >= 0.3 is 0 Å². The van der Waals surface area contributed by atoms with Gasteiger partial charge in [-0.3, -0.25) is 9.79 Å². The number of amides is 1. The van der Waals surface area contributed by atoms with Crippen LogP contribution in [0.25, 0.3) is 0 Å². The first-order valence-corrected chi connectivity index (χ1v) is 9.07. The van der Waals surface area contributed by atoms with Gasteiger partial charge in [-0.15, -0.1) is 0 Å². The Morgan fingerprint density at radius 1 is 1.32 bits per heavy atom. The van der Waals surface area contributed by atoms with Crippen molar-refractivity contribution in [2.24, 2.45) is 16.8 Å². The summed E-state index contributed by atoms with van der Waals surface area (Å²) in [7, 11) is 1.66. The SMILES string of the molecule is COCCOCCC1(C)SC(=N[C@H]2C[C@H]3CC[C@H]2C3)NC1=O. The third kappa shape index (κ3) is 3.49. The lowest BCUT2D eigenvalue weighted by atomic mass is 9.96. The number of rotatable bonds is 7. The molecule has 1 aliphatic heterocycles. The molecule has 124 valence electrons. The van der Waals surface area contributed by atoms with Crippen LogP contribution in [0.4, 0.5) is 0 Å². The monoisotopic (exact) mass is 326 g/mol. The molecule has 2 saturated carbocycles. The summed E-state index contributed by atoms with van der Waals surface area (Å²) in [5, 5.41) is 3.80. The van der Waals surface area contributed by atoms with E-state index in [4.69, 9.17) is 14.5 Å². The Morgan fingerprint density at radius 3 is 2.86 bits per heavy atom. The van der Waals surface area contributed by atoms with Gasteiger partial charge < -0.3 is 14.8 Å². The molecule has 6 heteroatoms. The Morgan fingerprint density at radius 2 is 2.18 bits per heavy atom. The van der Waals surface area contributed by atoms with Crippen LogP contribution in [0.2, 0.25) is 0 Å². The summed E-state index contributed by atoms with van der Waals surface area (Å²) in [5.41, 5.74) is 0. The van der Waals surface area contributed by atoms with Crippen molar-refractivity contribution >= 4 is 22.8 Å². The molecule has 1 heterocycles. The molecule has 1 unspecified atom stereocenters. The third-order valence-electron chi connectivity index (χ3n) is 5.16. The minimum atomic E-state index is -0.455. The molecule has 3 aliphatic rings. The molecular formula is C16H26N2O3S. The number of methoxy groups -OCH3 is 1. The molecule has 0 aromatic heterocycles. The largest absolute Gasteiger partial charge is 0.382 e. The molecule has 2 bridgehead atoms. The van der Waals surface area contributed by atoms with Crippen LogP contribution in [-0.2, 0) is 14.3 Å². The van der Waals surface area contributed by atoms with Gasteiger partial charge in [0, 0.05) is 13.7 Å². The summed E-state index contributed by atoms with van der Waals surface area (Å²) >= 11 is 1.58. The van der Waals surface area contributed by atoms with Crippen molar-refractivity contribution in [3.8, 4) is 0 Å². The van der Waals surface area contributed by atoms with Gasteiger partial charge in [-0.25, -0.2) is 0 Å². The van der Waals surface area contributed by atoms with E-state index in [1.807, 2.05) is 6.92 Å². The molecule has 2 aliphatic carbocycles. The van der Waals surface area contributed by atoms with Gasteiger partial charge in [0.25, 0.3) is 0 Å². The molecule has 0 spiro atoms. The number of hydrogen-bond acceptors (Lipinski definition) is 5. The normalized spacial score (nSPS) is 38.9. The lowest BCUT2D eigenvalue weighted by Crippen LogP contribution is -2.35. The molecular weight excluding hydrogens is 300 g/mol. The van der Waals surface area contributed by atoms with E-state index >= 15 is 0 Å². The van der Waals surface area contributed by atoms with Crippen molar-refractivity contribution in [2.45, 2.75) is 49.8 Å². The number of amidine groups is 1. The van der Waals surface area contributed by atoms with Crippen LogP contribution in [0, 0.1) is 11.8 Å². The second-order valence-electron chi connectivity index (χ2n) is 6.82. The Kier molecular flexibility index (Phi) is 5.10. The zero-order valence-electron chi connectivity index (χ0n) is 13.5. The maximum Gasteiger partial charge on any atom is 0.242 e. The Hall–Kier alpha value is -0.590. The lowest BCUT2D eigenvalue weighted by Gasteiger charge is -2.19. The fourth-order valence-corrected chi connectivity index (χ4v) is 4.86. The number of fused-ring (bicyclic) bond motifs is 2. The van der Waals surface area contributed by atoms with Gasteiger partial charge in [-0.1, -0.05) is 18.2 Å². The van der Waals surface area contributed by atoms with Crippen LogP contribution >= 0.6 is 11.8 Å². The van der Waals surface area contributed by atoms with Crippen molar-refractivity contribution in [3.63, 3.8) is 0 Å². The van der Waals surface area contributed by atoms with Gasteiger partial charge in [-0.2, -0.15) is 0 Å². The van der Waals surface area contributed by atoms with E-state index in [1.54, 1.807) is 18.9 Å². The molecule has 1 amide bonds. The number of carbonyl (C=O) groups is 1. The smallest absolute Gasteiger partial charge is 0.242 e. The van der Waals surface area contributed by atoms with E-state index in [9.17, 15) is 4.79 Å². The van der Waals surface area contributed by atoms with Crippen molar-refractivity contribution < 1.29 is 14.3 Å². The summed E-state index contributed by atoms with van der Waals surface area (Å²) in [6.45, 7) is 3.72. The average molecular weight is 326 g/mol. The zero-order chi connectivity index (χ0) is 15.6. The van der Waals surface area contributed by atoms with E-state index in [-0.39, 0.29) is 5.91 Å². The number of thioether (sulfide) groups is 1. The molecule has 1 N–H and O–H groups in total. The Labute approximate surface area is 136 Å². The van der Waals surface area contributed by atoms with Crippen molar-refractivity contribution in [1.82, 2.24) is 5.32 Å². The van der Waals surface area contributed by atoms with Gasteiger partial charge in [0.2, 0.25) is 5.91 Å². The van der Waals surface area contributed by atoms with E-state index in [0.29, 0.717) is 32.3 Å². The van der Waals surface area contributed by atoms with E-state index in [1.165, 1.54) is 25.7 Å². The highest BCUT2D eigenvalue weighted by molar-refractivity contribution is 8.16. The maximum atomic E-state index is 12.3. The molecule has 4 atom stereocenters. The number of ether oxygens (including phenoxy) is 2. The van der Waals surface area contributed by atoms with Crippen LogP contribution in [-0.4, -0.2) is 48.8 Å². The molecule has 22 heavy (non-hydrogen) atoms. The molecule has 3 fully saturated rings. The van der Waals surface area contributed by atoms with Crippen LogP contribution in [0.1, 0.15) is 39.0 Å². The highest BCUT2D eigenvalue weighted by atomic mass is 32.2. The fourth-order valence-electron chi connectivity index (χ4n) is 3.77. The van der Waals surface area contributed by atoms with Gasteiger partial charge in [0.1, 0.15) is 4.75 Å². The van der Waals surface area contributed by atoms with Gasteiger partial charge in [0.15, 0.2) is 5.17 Å². The van der Waals surface area contributed by atoms with Crippen LogP contribution in [0.15, 0.2) is 4.99 Å². The quantitative estimate of drug-likeness (QED) is 0.729. The predicted molar refractivity (Wildman–Crippen MR) is 88.1 cm³/mol. The molecule has 3 rings (SSSR count). The molecule has 5 nitrogen and oxygen atoms in total. The van der Waals surface area contributed by atoms with Crippen LogP contribution < -0.4 is 5.32 Å². The predicted octanol–water partition coefficient (Wildman–Crippen LogP) is 2.21. The number of nitrogens with one attached hydrogen (secondary N) is 1. The van der Waals surface area contributed by atoms with E-state index in [2.05, 4.69) is 5.32 Å². The number of hydrogen-bond donors (Lipinski definition) is 1. The van der Waals surface area contributed by atoms with Crippen molar-refractivity contribution in [3.05, 3.63) is 0 Å². The summed E-state index contributed by atoms with van der Waals surface area (Å²) in [4.78, 5) is 17.1.